The zero-order valence-electron chi connectivity index (χ0n) is 10.0. The normalized spacial score (nSPS) is 12.8. The molecule has 1 unspecified atom stereocenters. The lowest BCUT2D eigenvalue weighted by Gasteiger charge is -2.12. The quantitative estimate of drug-likeness (QED) is 0.769. The second-order valence-corrected chi connectivity index (χ2v) is 4.37. The van der Waals surface area contributed by atoms with Crippen LogP contribution in [0.15, 0.2) is 25.0 Å². The van der Waals surface area contributed by atoms with Crippen molar-refractivity contribution < 1.29 is 0 Å². The molecule has 0 amide bonds. The molecule has 1 radical (unpaired) electrons. The SMILES string of the molecule is [CH2]CC(CCCc1c[nH]cn1)Cc1c[nH]cn1. The molecule has 4 heteroatoms. The van der Waals surface area contributed by atoms with E-state index in [2.05, 4.69) is 26.9 Å². The number of hydrogen-bond donors (Lipinski definition) is 2. The molecular weight excluding hydrogens is 212 g/mol. The van der Waals surface area contributed by atoms with E-state index in [0.717, 1.165) is 37.1 Å². The summed E-state index contributed by atoms with van der Waals surface area (Å²) in [4.78, 5) is 14.5. The van der Waals surface area contributed by atoms with Gasteiger partial charge in [0.25, 0.3) is 0 Å². The molecule has 2 aromatic heterocycles. The number of hydrogen-bond acceptors (Lipinski definition) is 2. The van der Waals surface area contributed by atoms with Crippen LogP contribution in [0.25, 0.3) is 0 Å². The van der Waals surface area contributed by atoms with Crippen molar-refractivity contribution in [2.45, 2.75) is 32.1 Å². The number of H-pyrrole nitrogens is 2. The Morgan fingerprint density at radius 3 is 2.41 bits per heavy atom. The van der Waals surface area contributed by atoms with Crippen molar-refractivity contribution in [3.63, 3.8) is 0 Å². The summed E-state index contributed by atoms with van der Waals surface area (Å²) in [5, 5.41) is 0. The minimum atomic E-state index is 0.622. The summed E-state index contributed by atoms with van der Waals surface area (Å²) in [7, 11) is 0. The summed E-state index contributed by atoms with van der Waals surface area (Å²) in [6, 6.07) is 0. The Hall–Kier alpha value is -1.58. The predicted molar refractivity (Wildman–Crippen MR) is 67.3 cm³/mol. The summed E-state index contributed by atoms with van der Waals surface area (Å²) in [6.07, 6.45) is 12.8. The van der Waals surface area contributed by atoms with Gasteiger partial charge in [0, 0.05) is 12.4 Å². The van der Waals surface area contributed by atoms with E-state index >= 15 is 0 Å². The third kappa shape index (κ3) is 3.73. The minimum Gasteiger partial charge on any atom is -0.351 e. The van der Waals surface area contributed by atoms with Crippen molar-refractivity contribution in [3.8, 4) is 0 Å². The van der Waals surface area contributed by atoms with Crippen molar-refractivity contribution >= 4 is 0 Å². The van der Waals surface area contributed by atoms with Gasteiger partial charge in [0.15, 0.2) is 0 Å². The van der Waals surface area contributed by atoms with E-state index in [-0.39, 0.29) is 0 Å². The Morgan fingerprint density at radius 1 is 1.12 bits per heavy atom. The highest BCUT2D eigenvalue weighted by atomic mass is 14.9. The second kappa shape index (κ2) is 6.23. The molecule has 17 heavy (non-hydrogen) atoms. The summed E-state index contributed by atoms with van der Waals surface area (Å²) >= 11 is 0. The fraction of sp³-hybridized carbons (Fsp3) is 0.462. The topological polar surface area (TPSA) is 57.4 Å². The summed E-state index contributed by atoms with van der Waals surface area (Å²) in [5.74, 6) is 0.622. The lowest BCUT2D eigenvalue weighted by atomic mass is 9.94. The second-order valence-electron chi connectivity index (χ2n) is 4.37. The van der Waals surface area contributed by atoms with E-state index in [1.807, 2.05) is 12.4 Å². The van der Waals surface area contributed by atoms with Crippen molar-refractivity contribution in [3.05, 3.63) is 43.4 Å². The molecule has 0 bridgehead atoms. The van der Waals surface area contributed by atoms with E-state index < -0.39 is 0 Å². The van der Waals surface area contributed by atoms with Gasteiger partial charge in [-0.05, 0) is 31.6 Å². The zero-order valence-corrected chi connectivity index (χ0v) is 10.0. The fourth-order valence-electron chi connectivity index (χ4n) is 2.05. The third-order valence-corrected chi connectivity index (χ3v) is 3.06. The van der Waals surface area contributed by atoms with Crippen LogP contribution >= 0.6 is 0 Å². The highest BCUT2D eigenvalue weighted by Crippen LogP contribution is 2.17. The number of aryl methyl sites for hydroxylation is 1. The molecule has 2 heterocycles. The lowest BCUT2D eigenvalue weighted by Crippen LogP contribution is -2.04. The molecule has 0 spiro atoms. The Bertz CT molecular complexity index is 391. The molecule has 0 aliphatic heterocycles. The first-order chi connectivity index (χ1) is 8.38. The maximum absolute atomic E-state index is 4.26. The van der Waals surface area contributed by atoms with Crippen LogP contribution < -0.4 is 0 Å². The number of nitrogens with zero attached hydrogens (tertiary/aromatic N) is 2. The van der Waals surface area contributed by atoms with Crippen LogP contribution in [0.1, 0.15) is 30.7 Å². The van der Waals surface area contributed by atoms with Gasteiger partial charge in [0.1, 0.15) is 0 Å². The van der Waals surface area contributed by atoms with Crippen molar-refractivity contribution in [1.29, 1.82) is 0 Å². The fourth-order valence-corrected chi connectivity index (χ4v) is 2.05. The molecular formula is C13H19N4. The van der Waals surface area contributed by atoms with Crippen LogP contribution in [0.2, 0.25) is 0 Å². The first-order valence-corrected chi connectivity index (χ1v) is 6.13. The molecule has 1 atom stereocenters. The smallest absolute Gasteiger partial charge is 0.0923 e. The third-order valence-electron chi connectivity index (χ3n) is 3.06. The van der Waals surface area contributed by atoms with Crippen molar-refractivity contribution in [2.75, 3.05) is 0 Å². The van der Waals surface area contributed by atoms with Gasteiger partial charge >= 0.3 is 0 Å². The van der Waals surface area contributed by atoms with Gasteiger partial charge < -0.3 is 9.97 Å². The van der Waals surface area contributed by atoms with E-state index in [9.17, 15) is 0 Å². The number of rotatable bonds is 7. The molecule has 91 valence electrons. The zero-order chi connectivity index (χ0) is 11.9. The summed E-state index contributed by atoms with van der Waals surface area (Å²) in [5.41, 5.74) is 2.28. The Balaban J connectivity index is 1.72. The van der Waals surface area contributed by atoms with Crippen LogP contribution in [0.3, 0.4) is 0 Å². The number of aromatic amines is 2. The van der Waals surface area contributed by atoms with E-state index in [4.69, 9.17) is 0 Å². The maximum atomic E-state index is 4.26. The highest BCUT2D eigenvalue weighted by Gasteiger charge is 2.09. The van der Waals surface area contributed by atoms with Crippen LogP contribution in [0, 0.1) is 12.8 Å². The molecule has 0 aliphatic carbocycles. The van der Waals surface area contributed by atoms with E-state index in [1.54, 1.807) is 12.7 Å². The van der Waals surface area contributed by atoms with E-state index in [1.165, 1.54) is 6.42 Å². The van der Waals surface area contributed by atoms with Gasteiger partial charge in [0.2, 0.25) is 0 Å². The largest absolute Gasteiger partial charge is 0.351 e. The van der Waals surface area contributed by atoms with Gasteiger partial charge in [-0.1, -0.05) is 13.3 Å². The van der Waals surface area contributed by atoms with Gasteiger partial charge in [-0.25, -0.2) is 9.97 Å². The molecule has 0 saturated carbocycles. The monoisotopic (exact) mass is 231 g/mol. The first kappa shape index (κ1) is 11.9. The Labute approximate surface area is 102 Å². The molecule has 0 aliphatic rings. The van der Waals surface area contributed by atoms with Crippen LogP contribution in [-0.4, -0.2) is 19.9 Å². The number of imidazole rings is 2. The van der Waals surface area contributed by atoms with Gasteiger partial charge in [0.05, 0.1) is 24.0 Å². The highest BCUT2D eigenvalue weighted by molar-refractivity contribution is 4.97. The summed E-state index contributed by atoms with van der Waals surface area (Å²) in [6.45, 7) is 4.02. The molecule has 0 fully saturated rings. The standard InChI is InChI=1S/C13H19N4/c1-2-11(6-13-8-15-10-17-13)4-3-5-12-7-14-9-16-12/h7-11H,1-6H2,(H,14,16)(H,15,17). The molecule has 2 N–H and O–H groups in total. The maximum Gasteiger partial charge on any atom is 0.0923 e. The molecule has 0 saturated heterocycles. The lowest BCUT2D eigenvalue weighted by molar-refractivity contribution is 0.464. The van der Waals surface area contributed by atoms with Gasteiger partial charge in [-0.3, -0.25) is 0 Å². The molecule has 4 nitrogen and oxygen atoms in total. The van der Waals surface area contributed by atoms with Crippen LogP contribution in [0.5, 0.6) is 0 Å². The average molecular weight is 231 g/mol. The molecule has 2 aromatic rings. The van der Waals surface area contributed by atoms with Gasteiger partial charge in [-0.15, -0.1) is 0 Å². The Kier molecular flexibility index (Phi) is 4.36. The number of aromatic nitrogens is 4. The molecule has 0 aromatic carbocycles. The van der Waals surface area contributed by atoms with Crippen molar-refractivity contribution in [1.82, 2.24) is 19.9 Å². The minimum absolute atomic E-state index is 0.622. The van der Waals surface area contributed by atoms with Crippen LogP contribution in [0.4, 0.5) is 0 Å². The van der Waals surface area contributed by atoms with Gasteiger partial charge in [-0.2, -0.15) is 0 Å². The Morgan fingerprint density at radius 2 is 1.82 bits per heavy atom. The van der Waals surface area contributed by atoms with E-state index in [0.29, 0.717) is 5.92 Å². The van der Waals surface area contributed by atoms with Crippen molar-refractivity contribution in [2.24, 2.45) is 5.92 Å². The predicted octanol–water partition coefficient (Wildman–Crippen LogP) is 2.54. The number of nitrogens with one attached hydrogen (secondary N) is 2. The molecule has 2 rings (SSSR count). The average Bonchev–Trinajstić information content (AvgIpc) is 3.00. The summed E-state index contributed by atoms with van der Waals surface area (Å²) < 4.78 is 0. The first-order valence-electron chi connectivity index (χ1n) is 6.13. The van der Waals surface area contributed by atoms with Crippen LogP contribution in [-0.2, 0) is 12.8 Å².